The summed E-state index contributed by atoms with van der Waals surface area (Å²) in [6.07, 6.45) is 0. The predicted octanol–water partition coefficient (Wildman–Crippen LogP) is 2.48. The SMILES string of the molecule is COc1cc(OC)c(NCBr)c(OC)c1. The van der Waals surface area contributed by atoms with Crippen molar-refractivity contribution in [1.29, 1.82) is 0 Å². The second-order valence-corrected chi connectivity index (χ2v) is 3.28. The van der Waals surface area contributed by atoms with Gasteiger partial charge in [0.1, 0.15) is 22.9 Å². The maximum absolute atomic E-state index is 5.24. The number of rotatable bonds is 5. The van der Waals surface area contributed by atoms with Gasteiger partial charge >= 0.3 is 0 Å². The van der Waals surface area contributed by atoms with E-state index in [0.717, 1.165) is 5.69 Å². The Kier molecular flexibility index (Phi) is 4.55. The van der Waals surface area contributed by atoms with Gasteiger partial charge in [-0.05, 0) is 0 Å². The molecule has 0 spiro atoms. The fourth-order valence-electron chi connectivity index (χ4n) is 1.25. The van der Waals surface area contributed by atoms with Crippen molar-refractivity contribution in [1.82, 2.24) is 0 Å². The molecular formula is C10H14BrNO3. The summed E-state index contributed by atoms with van der Waals surface area (Å²) >= 11 is 3.29. The quantitative estimate of drug-likeness (QED) is 0.662. The number of benzene rings is 1. The van der Waals surface area contributed by atoms with Crippen LogP contribution in [0.3, 0.4) is 0 Å². The topological polar surface area (TPSA) is 39.7 Å². The van der Waals surface area contributed by atoms with Gasteiger partial charge in [-0.1, -0.05) is 15.9 Å². The first-order valence-corrected chi connectivity index (χ1v) is 5.48. The molecule has 0 aromatic heterocycles. The van der Waals surface area contributed by atoms with Crippen LogP contribution in [-0.4, -0.2) is 26.8 Å². The Hall–Kier alpha value is -1.10. The molecule has 4 nitrogen and oxygen atoms in total. The average molecular weight is 276 g/mol. The minimum Gasteiger partial charge on any atom is -0.496 e. The first-order valence-electron chi connectivity index (χ1n) is 4.36. The van der Waals surface area contributed by atoms with Gasteiger partial charge in [0.2, 0.25) is 0 Å². The molecule has 0 saturated carbocycles. The van der Waals surface area contributed by atoms with Crippen LogP contribution in [0.25, 0.3) is 0 Å². The molecule has 0 aliphatic heterocycles. The molecule has 1 rings (SSSR count). The highest BCUT2D eigenvalue weighted by atomic mass is 79.9. The van der Waals surface area contributed by atoms with Crippen molar-refractivity contribution in [2.45, 2.75) is 0 Å². The third kappa shape index (κ3) is 2.68. The van der Waals surface area contributed by atoms with Gasteiger partial charge in [0.15, 0.2) is 0 Å². The van der Waals surface area contributed by atoms with Gasteiger partial charge < -0.3 is 19.5 Å². The van der Waals surface area contributed by atoms with Gasteiger partial charge in [0.25, 0.3) is 0 Å². The van der Waals surface area contributed by atoms with Crippen molar-refractivity contribution in [3.63, 3.8) is 0 Å². The zero-order valence-corrected chi connectivity index (χ0v) is 10.6. The molecule has 0 amide bonds. The van der Waals surface area contributed by atoms with E-state index in [2.05, 4.69) is 21.2 Å². The molecule has 84 valence electrons. The van der Waals surface area contributed by atoms with Crippen molar-refractivity contribution in [2.24, 2.45) is 0 Å². The number of hydrogen-bond acceptors (Lipinski definition) is 4. The Morgan fingerprint density at radius 3 is 1.93 bits per heavy atom. The van der Waals surface area contributed by atoms with E-state index in [1.54, 1.807) is 33.5 Å². The molecule has 0 bridgehead atoms. The van der Waals surface area contributed by atoms with E-state index in [1.165, 1.54) is 0 Å². The molecule has 0 atom stereocenters. The summed E-state index contributed by atoms with van der Waals surface area (Å²) in [5.74, 6) is 2.07. The van der Waals surface area contributed by atoms with Crippen LogP contribution in [-0.2, 0) is 0 Å². The minimum absolute atomic E-state index is 0.617. The summed E-state index contributed by atoms with van der Waals surface area (Å²) in [7, 11) is 4.81. The number of methoxy groups -OCH3 is 3. The van der Waals surface area contributed by atoms with E-state index in [-0.39, 0.29) is 0 Å². The molecule has 5 heteroatoms. The summed E-state index contributed by atoms with van der Waals surface area (Å²) < 4.78 is 15.6. The Balaban J connectivity index is 3.19. The highest BCUT2D eigenvalue weighted by molar-refractivity contribution is 9.09. The van der Waals surface area contributed by atoms with Crippen LogP contribution in [0.1, 0.15) is 0 Å². The molecule has 0 aliphatic rings. The lowest BCUT2D eigenvalue weighted by Crippen LogP contribution is -2.01. The van der Waals surface area contributed by atoms with Crippen molar-refractivity contribution in [3.05, 3.63) is 12.1 Å². The van der Waals surface area contributed by atoms with Crippen LogP contribution < -0.4 is 19.5 Å². The number of halogens is 1. The maximum Gasteiger partial charge on any atom is 0.149 e. The van der Waals surface area contributed by atoms with Crippen LogP contribution in [0.15, 0.2) is 12.1 Å². The zero-order chi connectivity index (χ0) is 11.3. The summed E-state index contributed by atoms with van der Waals surface area (Å²) in [6, 6.07) is 3.60. The van der Waals surface area contributed by atoms with Gasteiger partial charge in [-0.3, -0.25) is 0 Å². The van der Waals surface area contributed by atoms with Crippen molar-refractivity contribution in [3.8, 4) is 17.2 Å². The van der Waals surface area contributed by atoms with E-state index in [4.69, 9.17) is 14.2 Å². The summed E-state index contributed by atoms with van der Waals surface area (Å²) in [6.45, 7) is 0. The zero-order valence-electron chi connectivity index (χ0n) is 8.96. The second kappa shape index (κ2) is 5.70. The maximum atomic E-state index is 5.24. The molecule has 0 saturated heterocycles. The number of alkyl halides is 1. The van der Waals surface area contributed by atoms with E-state index in [1.807, 2.05) is 0 Å². The minimum atomic E-state index is 0.617. The third-order valence-corrected chi connectivity index (χ3v) is 2.24. The summed E-state index contributed by atoms with van der Waals surface area (Å²) in [5, 5.41) is 3.11. The molecule has 0 aliphatic carbocycles. The number of ether oxygens (including phenoxy) is 3. The highest BCUT2D eigenvalue weighted by Gasteiger charge is 2.11. The van der Waals surface area contributed by atoms with E-state index < -0.39 is 0 Å². The molecule has 1 aromatic carbocycles. The Bertz CT molecular complexity index is 305. The van der Waals surface area contributed by atoms with Crippen LogP contribution in [0.5, 0.6) is 17.2 Å². The fourth-order valence-corrected chi connectivity index (χ4v) is 1.53. The highest BCUT2D eigenvalue weighted by Crippen LogP contribution is 2.38. The Morgan fingerprint density at radius 1 is 1.07 bits per heavy atom. The molecule has 15 heavy (non-hydrogen) atoms. The fraction of sp³-hybridized carbons (Fsp3) is 0.400. The predicted molar refractivity (Wildman–Crippen MR) is 63.5 cm³/mol. The first-order chi connectivity index (χ1) is 7.26. The van der Waals surface area contributed by atoms with Crippen LogP contribution in [0, 0.1) is 0 Å². The lowest BCUT2D eigenvalue weighted by Gasteiger charge is -2.15. The molecule has 0 heterocycles. The van der Waals surface area contributed by atoms with Gasteiger partial charge in [0.05, 0.1) is 26.8 Å². The monoisotopic (exact) mass is 275 g/mol. The molecule has 1 N–H and O–H groups in total. The molecular weight excluding hydrogens is 262 g/mol. The van der Waals surface area contributed by atoms with Crippen molar-refractivity contribution >= 4 is 21.6 Å². The smallest absolute Gasteiger partial charge is 0.149 e. The van der Waals surface area contributed by atoms with Crippen LogP contribution in [0.2, 0.25) is 0 Å². The van der Waals surface area contributed by atoms with Gasteiger partial charge in [-0.2, -0.15) is 0 Å². The molecule has 1 aromatic rings. The largest absolute Gasteiger partial charge is 0.496 e. The standard InChI is InChI=1S/C10H14BrNO3/c1-13-7-4-8(14-2)10(12-6-11)9(5-7)15-3/h4-5,12H,6H2,1-3H3. The Morgan fingerprint density at radius 2 is 1.60 bits per heavy atom. The van der Waals surface area contributed by atoms with E-state index in [0.29, 0.717) is 22.7 Å². The van der Waals surface area contributed by atoms with Gasteiger partial charge in [-0.25, -0.2) is 0 Å². The van der Waals surface area contributed by atoms with Gasteiger partial charge in [-0.15, -0.1) is 0 Å². The summed E-state index contributed by atoms with van der Waals surface area (Å²) in [4.78, 5) is 0. The molecule has 0 radical (unpaired) electrons. The van der Waals surface area contributed by atoms with Crippen LogP contribution >= 0.6 is 15.9 Å². The van der Waals surface area contributed by atoms with Crippen molar-refractivity contribution < 1.29 is 14.2 Å². The first kappa shape index (κ1) is 12.0. The average Bonchev–Trinajstić information content (AvgIpc) is 2.29. The van der Waals surface area contributed by atoms with E-state index in [9.17, 15) is 0 Å². The second-order valence-electron chi connectivity index (χ2n) is 2.72. The lowest BCUT2D eigenvalue weighted by molar-refractivity contribution is 0.378. The van der Waals surface area contributed by atoms with Gasteiger partial charge in [0, 0.05) is 12.1 Å². The lowest BCUT2D eigenvalue weighted by atomic mass is 10.2. The van der Waals surface area contributed by atoms with Crippen molar-refractivity contribution in [2.75, 3.05) is 32.1 Å². The number of hydrogen-bond donors (Lipinski definition) is 1. The van der Waals surface area contributed by atoms with Crippen LogP contribution in [0.4, 0.5) is 5.69 Å². The van der Waals surface area contributed by atoms with E-state index >= 15 is 0 Å². The summed E-state index contributed by atoms with van der Waals surface area (Å²) in [5.41, 5.74) is 1.42. The normalized spacial score (nSPS) is 9.60. The number of nitrogens with one attached hydrogen (secondary N) is 1. The molecule has 0 unspecified atom stereocenters. The third-order valence-electron chi connectivity index (χ3n) is 1.96. The Labute approximate surface area is 97.6 Å². The number of anilines is 1. The molecule has 0 fully saturated rings.